The number of rotatable bonds is 3. The summed E-state index contributed by atoms with van der Waals surface area (Å²) in [6, 6.07) is 12.0. The fourth-order valence-corrected chi connectivity index (χ4v) is 4.41. The van der Waals surface area contributed by atoms with Gasteiger partial charge >= 0.3 is 0 Å². The minimum atomic E-state index is -0.507. The van der Waals surface area contributed by atoms with Crippen LogP contribution in [0.5, 0.6) is 5.75 Å². The Labute approximate surface area is 187 Å². The zero-order valence-electron chi connectivity index (χ0n) is 16.3. The van der Waals surface area contributed by atoms with Crippen molar-refractivity contribution in [3.05, 3.63) is 87.8 Å². The molecule has 31 heavy (non-hydrogen) atoms. The van der Waals surface area contributed by atoms with Crippen LogP contribution in [-0.4, -0.2) is 27.6 Å². The van der Waals surface area contributed by atoms with E-state index >= 15 is 0 Å². The first-order valence-electron chi connectivity index (χ1n) is 9.73. The van der Waals surface area contributed by atoms with E-state index in [0.29, 0.717) is 42.6 Å². The zero-order valence-corrected chi connectivity index (χ0v) is 17.8. The van der Waals surface area contributed by atoms with Gasteiger partial charge in [-0.15, -0.1) is 0 Å². The Hall–Kier alpha value is -2.67. The Morgan fingerprint density at radius 1 is 1.06 bits per heavy atom. The van der Waals surface area contributed by atoms with Gasteiger partial charge in [0.25, 0.3) is 0 Å². The van der Waals surface area contributed by atoms with Crippen LogP contribution >= 0.6 is 23.2 Å². The molecule has 0 amide bonds. The predicted molar refractivity (Wildman–Crippen MR) is 117 cm³/mol. The van der Waals surface area contributed by atoms with Crippen molar-refractivity contribution in [3.8, 4) is 11.4 Å². The van der Waals surface area contributed by atoms with Crippen molar-refractivity contribution in [1.82, 2.24) is 14.5 Å². The molecule has 1 aliphatic rings. The minimum absolute atomic E-state index is 0.134. The maximum atomic E-state index is 14.3. The van der Waals surface area contributed by atoms with Gasteiger partial charge in [-0.25, -0.2) is 13.8 Å². The number of pyridine rings is 1. The summed E-state index contributed by atoms with van der Waals surface area (Å²) in [7, 11) is 0. The van der Waals surface area contributed by atoms with Crippen LogP contribution in [0.15, 0.2) is 54.9 Å². The van der Waals surface area contributed by atoms with Crippen molar-refractivity contribution < 1.29 is 13.5 Å². The third kappa shape index (κ3) is 3.87. The van der Waals surface area contributed by atoms with Crippen LogP contribution in [0.1, 0.15) is 11.1 Å². The molecule has 0 saturated carbocycles. The molecule has 4 aromatic rings. The van der Waals surface area contributed by atoms with Crippen LogP contribution in [-0.2, 0) is 13.1 Å². The lowest BCUT2D eigenvalue weighted by molar-refractivity contribution is 0.217. The molecule has 0 aliphatic carbocycles. The summed E-state index contributed by atoms with van der Waals surface area (Å²) in [4.78, 5) is 5.85. The average Bonchev–Trinajstić information content (AvgIpc) is 3.04. The van der Waals surface area contributed by atoms with E-state index in [1.54, 1.807) is 12.1 Å². The topological polar surface area (TPSA) is 30.3 Å². The summed E-state index contributed by atoms with van der Waals surface area (Å²) in [5.74, 6) is -0.159. The maximum absolute atomic E-state index is 14.3. The molecule has 0 N–H and O–H groups in total. The first-order chi connectivity index (χ1) is 15.0. The van der Waals surface area contributed by atoms with Crippen molar-refractivity contribution in [1.29, 1.82) is 0 Å². The molecule has 0 unspecified atom stereocenters. The van der Waals surface area contributed by atoms with Crippen molar-refractivity contribution in [2.24, 2.45) is 0 Å². The fourth-order valence-electron chi connectivity index (χ4n) is 3.94. The fraction of sp³-hybridized carbons (Fsp3) is 0.174. The molecule has 0 atom stereocenters. The van der Waals surface area contributed by atoms with Crippen LogP contribution in [0.4, 0.5) is 8.78 Å². The summed E-state index contributed by atoms with van der Waals surface area (Å²) in [5, 5.41) is 1.16. The number of hydrogen-bond donors (Lipinski definition) is 0. The Morgan fingerprint density at radius 3 is 2.81 bits per heavy atom. The van der Waals surface area contributed by atoms with Crippen LogP contribution in [0.25, 0.3) is 16.6 Å². The Kier molecular flexibility index (Phi) is 5.30. The van der Waals surface area contributed by atoms with Crippen LogP contribution < -0.4 is 4.74 Å². The highest BCUT2D eigenvalue weighted by molar-refractivity contribution is 6.32. The zero-order chi connectivity index (χ0) is 21.5. The van der Waals surface area contributed by atoms with Crippen LogP contribution in [0.3, 0.4) is 0 Å². The summed E-state index contributed by atoms with van der Waals surface area (Å²) < 4.78 is 35.8. The minimum Gasteiger partial charge on any atom is -0.490 e. The number of hydrogen-bond acceptors (Lipinski definition) is 3. The van der Waals surface area contributed by atoms with E-state index in [9.17, 15) is 8.78 Å². The van der Waals surface area contributed by atoms with Gasteiger partial charge in [0, 0.05) is 54.2 Å². The highest BCUT2D eigenvalue weighted by Gasteiger charge is 2.21. The molecule has 158 valence electrons. The van der Waals surface area contributed by atoms with Crippen LogP contribution in [0, 0.1) is 11.6 Å². The smallest absolute Gasteiger partial charge is 0.165 e. The van der Waals surface area contributed by atoms with Gasteiger partial charge in [0.15, 0.2) is 11.0 Å². The maximum Gasteiger partial charge on any atom is 0.165 e. The molecule has 0 radical (unpaired) electrons. The summed E-state index contributed by atoms with van der Waals surface area (Å²) in [6.45, 7) is 1.92. The Morgan fingerprint density at radius 2 is 1.94 bits per heavy atom. The molecular formula is C23H17Cl2F2N3O. The average molecular weight is 460 g/mol. The van der Waals surface area contributed by atoms with E-state index in [4.69, 9.17) is 27.9 Å². The third-order valence-electron chi connectivity index (χ3n) is 5.40. The first-order valence-corrected chi connectivity index (χ1v) is 10.5. The highest BCUT2D eigenvalue weighted by Crippen LogP contribution is 2.35. The van der Waals surface area contributed by atoms with E-state index in [1.807, 2.05) is 29.0 Å². The number of nitrogens with zero attached hydrogens (tertiary/aromatic N) is 3. The first kappa shape index (κ1) is 20.2. The van der Waals surface area contributed by atoms with Gasteiger partial charge < -0.3 is 9.30 Å². The molecule has 0 fully saturated rings. The van der Waals surface area contributed by atoms with Gasteiger partial charge in [-0.3, -0.25) is 4.90 Å². The monoisotopic (exact) mass is 459 g/mol. The van der Waals surface area contributed by atoms with Gasteiger partial charge in [-0.2, -0.15) is 0 Å². The van der Waals surface area contributed by atoms with E-state index in [2.05, 4.69) is 9.88 Å². The van der Waals surface area contributed by atoms with Gasteiger partial charge in [0.1, 0.15) is 18.2 Å². The highest BCUT2D eigenvalue weighted by atomic mass is 35.5. The quantitative estimate of drug-likeness (QED) is 0.351. The van der Waals surface area contributed by atoms with Crippen molar-refractivity contribution >= 4 is 34.1 Å². The van der Waals surface area contributed by atoms with E-state index in [1.165, 1.54) is 18.3 Å². The normalized spacial score (nSPS) is 14.3. The number of ether oxygens (including phenoxy) is 1. The third-order valence-corrected chi connectivity index (χ3v) is 5.95. The van der Waals surface area contributed by atoms with E-state index < -0.39 is 5.82 Å². The largest absolute Gasteiger partial charge is 0.490 e. The molecule has 0 bridgehead atoms. The summed E-state index contributed by atoms with van der Waals surface area (Å²) >= 11 is 12.4. The lowest BCUT2D eigenvalue weighted by atomic mass is 10.1. The number of fused-ring (bicyclic) bond motifs is 2. The molecule has 1 aliphatic heterocycles. The van der Waals surface area contributed by atoms with Crippen molar-refractivity contribution in [3.63, 3.8) is 0 Å². The SMILES string of the molecule is Fc1ccc2c(ccn2-c2cc(Cl)c3c(c2)CN(Cc2ccnc(Cl)c2F)CCO3)c1. The predicted octanol–water partition coefficient (Wildman–Crippen LogP) is 6.01. The van der Waals surface area contributed by atoms with Gasteiger partial charge in [-0.05, 0) is 42.5 Å². The Balaban J connectivity index is 1.50. The summed E-state index contributed by atoms with van der Waals surface area (Å²) in [5.41, 5.74) is 3.08. The van der Waals surface area contributed by atoms with Crippen molar-refractivity contribution in [2.75, 3.05) is 13.2 Å². The standard InChI is InChI=1S/C23H17Cl2F2N3O/c24-19-11-18(30-6-4-14-9-17(26)1-2-20(14)30)10-16-13-29(7-8-31-22(16)19)12-15-3-5-28-23(25)21(15)27/h1-6,9-11H,7-8,12-13H2. The van der Waals surface area contributed by atoms with Crippen LogP contribution in [0.2, 0.25) is 10.2 Å². The lowest BCUT2D eigenvalue weighted by Crippen LogP contribution is -2.25. The van der Waals surface area contributed by atoms with E-state index in [0.717, 1.165) is 22.2 Å². The molecule has 2 aromatic heterocycles. The molecule has 8 heteroatoms. The molecule has 0 saturated heterocycles. The second-order valence-corrected chi connectivity index (χ2v) is 8.20. The van der Waals surface area contributed by atoms with E-state index in [-0.39, 0.29) is 11.0 Å². The second kappa shape index (κ2) is 8.11. The molecule has 5 rings (SSSR count). The molecule has 4 nitrogen and oxygen atoms in total. The Bertz CT molecular complexity index is 1290. The number of halogens is 4. The van der Waals surface area contributed by atoms with Gasteiger partial charge in [0.2, 0.25) is 0 Å². The molecular weight excluding hydrogens is 443 g/mol. The molecule has 0 spiro atoms. The lowest BCUT2D eigenvalue weighted by Gasteiger charge is -2.20. The summed E-state index contributed by atoms with van der Waals surface area (Å²) in [6.07, 6.45) is 3.38. The molecule has 3 heterocycles. The molecule has 2 aromatic carbocycles. The van der Waals surface area contributed by atoms with Crippen molar-refractivity contribution in [2.45, 2.75) is 13.1 Å². The van der Waals surface area contributed by atoms with Gasteiger partial charge in [0.05, 0.1) is 10.5 Å². The number of benzene rings is 2. The van der Waals surface area contributed by atoms with Gasteiger partial charge in [-0.1, -0.05) is 23.2 Å². The number of aromatic nitrogens is 2. The second-order valence-electron chi connectivity index (χ2n) is 7.44.